The molecule has 0 aromatic carbocycles. The Hall–Kier alpha value is -1.10. The van der Waals surface area contributed by atoms with Crippen molar-refractivity contribution < 1.29 is 14.3 Å². The van der Waals surface area contributed by atoms with E-state index in [9.17, 15) is 9.59 Å². The normalized spacial score (nSPS) is 26.3. The van der Waals surface area contributed by atoms with Gasteiger partial charge in [0.05, 0.1) is 12.6 Å². The van der Waals surface area contributed by atoms with E-state index in [2.05, 4.69) is 34.8 Å². The van der Waals surface area contributed by atoms with Gasteiger partial charge in [-0.1, -0.05) is 13.8 Å². The summed E-state index contributed by atoms with van der Waals surface area (Å²) in [6.45, 7) is 5.17. The van der Waals surface area contributed by atoms with Gasteiger partial charge in [-0.05, 0) is 6.42 Å². The minimum atomic E-state index is -0.335. The summed E-state index contributed by atoms with van der Waals surface area (Å²) in [5.41, 5.74) is 0.0389. The number of methoxy groups -OCH3 is 1. The zero-order valence-corrected chi connectivity index (χ0v) is 16.3. The van der Waals surface area contributed by atoms with Gasteiger partial charge in [-0.15, -0.1) is 24.0 Å². The molecule has 1 saturated heterocycles. The molecule has 2 atom stereocenters. The summed E-state index contributed by atoms with van der Waals surface area (Å²) in [7, 11) is 3.43. The number of guanidine groups is 1. The van der Waals surface area contributed by atoms with Crippen LogP contribution in [-0.4, -0.2) is 68.7 Å². The molecule has 2 rings (SSSR count). The maximum absolute atomic E-state index is 11.5. The van der Waals surface area contributed by atoms with E-state index in [4.69, 9.17) is 4.74 Å². The van der Waals surface area contributed by atoms with Gasteiger partial charge in [-0.3, -0.25) is 14.7 Å². The Kier molecular flexibility index (Phi) is 7.05. The average Bonchev–Trinajstić information content (AvgIpc) is 2.80. The highest BCUT2D eigenvalue weighted by Crippen LogP contribution is 2.42. The van der Waals surface area contributed by atoms with Crippen molar-refractivity contribution in [3.05, 3.63) is 0 Å². The van der Waals surface area contributed by atoms with Crippen molar-refractivity contribution in [3.63, 3.8) is 0 Å². The topological polar surface area (TPSA) is 95.1 Å². The molecule has 0 aromatic heterocycles. The number of carbonyl (C=O) groups is 2. The molecule has 3 amide bonds. The summed E-state index contributed by atoms with van der Waals surface area (Å²) >= 11 is 0. The predicted octanol–water partition coefficient (Wildman–Crippen LogP) is 0.135. The average molecular weight is 439 g/mol. The highest BCUT2D eigenvalue weighted by atomic mass is 127. The maximum atomic E-state index is 11.5. The van der Waals surface area contributed by atoms with Crippen molar-refractivity contribution in [2.24, 2.45) is 10.4 Å². The van der Waals surface area contributed by atoms with Crippen LogP contribution in [0.2, 0.25) is 0 Å². The molecule has 2 aliphatic rings. The summed E-state index contributed by atoms with van der Waals surface area (Å²) < 4.78 is 5.43. The molecular formula is C14H26IN5O3. The van der Waals surface area contributed by atoms with Crippen LogP contribution in [0.1, 0.15) is 20.3 Å². The van der Waals surface area contributed by atoms with Crippen LogP contribution in [0.3, 0.4) is 0 Å². The fourth-order valence-corrected chi connectivity index (χ4v) is 2.86. The second kappa shape index (κ2) is 8.13. The van der Waals surface area contributed by atoms with Crippen molar-refractivity contribution in [2.45, 2.75) is 32.4 Å². The van der Waals surface area contributed by atoms with E-state index in [0.29, 0.717) is 19.0 Å². The molecule has 3 N–H and O–H groups in total. The quantitative estimate of drug-likeness (QED) is 0.245. The number of halogens is 1. The Labute approximate surface area is 153 Å². The number of nitrogens with zero attached hydrogens (tertiary/aromatic N) is 2. The van der Waals surface area contributed by atoms with Crippen LogP contribution >= 0.6 is 24.0 Å². The molecule has 1 saturated carbocycles. The number of rotatable bonds is 5. The molecule has 23 heavy (non-hydrogen) atoms. The molecule has 2 unspecified atom stereocenters. The monoisotopic (exact) mass is 439 g/mol. The Morgan fingerprint density at radius 1 is 1.48 bits per heavy atom. The number of amides is 3. The minimum absolute atomic E-state index is 0. The third-order valence-corrected chi connectivity index (χ3v) is 4.56. The van der Waals surface area contributed by atoms with Gasteiger partial charge in [0.25, 0.3) is 0 Å². The number of hydrogen-bond donors (Lipinski definition) is 3. The van der Waals surface area contributed by atoms with Crippen molar-refractivity contribution in [1.29, 1.82) is 0 Å². The van der Waals surface area contributed by atoms with E-state index >= 15 is 0 Å². The van der Waals surface area contributed by atoms with E-state index in [-0.39, 0.29) is 60.0 Å². The molecule has 0 spiro atoms. The predicted molar refractivity (Wildman–Crippen MR) is 98.0 cm³/mol. The Bertz CT molecular complexity index is 467. The first-order chi connectivity index (χ1) is 10.4. The number of hydrogen-bond acceptors (Lipinski definition) is 4. The number of nitrogens with one attached hydrogen (secondary N) is 3. The van der Waals surface area contributed by atoms with Crippen molar-refractivity contribution in [2.75, 3.05) is 33.8 Å². The number of aliphatic imine (C=N–C) groups is 1. The Morgan fingerprint density at radius 3 is 2.65 bits per heavy atom. The lowest BCUT2D eigenvalue weighted by atomic mass is 9.64. The second-order valence-electron chi connectivity index (χ2n) is 6.18. The molecule has 0 bridgehead atoms. The summed E-state index contributed by atoms with van der Waals surface area (Å²) in [5, 5.41) is 8.99. The first-order valence-electron chi connectivity index (χ1n) is 7.48. The van der Waals surface area contributed by atoms with Crippen LogP contribution in [-0.2, 0) is 9.53 Å². The van der Waals surface area contributed by atoms with E-state index in [1.54, 1.807) is 14.2 Å². The maximum Gasteiger partial charge on any atom is 0.324 e. The smallest absolute Gasteiger partial charge is 0.324 e. The van der Waals surface area contributed by atoms with Gasteiger partial charge < -0.3 is 20.7 Å². The molecule has 2 fully saturated rings. The molecular weight excluding hydrogens is 413 g/mol. The number of urea groups is 1. The second-order valence-corrected chi connectivity index (χ2v) is 6.18. The van der Waals surface area contributed by atoms with E-state index in [1.807, 2.05) is 0 Å². The van der Waals surface area contributed by atoms with Crippen LogP contribution in [0.4, 0.5) is 4.79 Å². The van der Waals surface area contributed by atoms with Gasteiger partial charge in [0.1, 0.15) is 0 Å². The highest BCUT2D eigenvalue weighted by Gasteiger charge is 2.48. The van der Waals surface area contributed by atoms with E-state index < -0.39 is 0 Å². The van der Waals surface area contributed by atoms with Crippen LogP contribution < -0.4 is 16.0 Å². The molecule has 1 aliphatic carbocycles. The zero-order chi connectivity index (χ0) is 16.3. The van der Waals surface area contributed by atoms with Gasteiger partial charge in [0.15, 0.2) is 5.96 Å². The summed E-state index contributed by atoms with van der Waals surface area (Å²) in [4.78, 5) is 28.3. The van der Waals surface area contributed by atoms with Crippen LogP contribution in [0.25, 0.3) is 0 Å². The fraction of sp³-hybridized carbons (Fsp3) is 0.786. The molecule has 132 valence electrons. The standard InChI is InChI=1S/C14H25N5O3.HI/c1-14(2)9(7-10(14)22-4)18-12(15-3)16-5-6-19-11(20)8-17-13(19)21;/h9-10H,5-8H2,1-4H3,(H,17,21)(H2,15,16,18);1H. The molecule has 8 nitrogen and oxygen atoms in total. The van der Waals surface area contributed by atoms with Crippen molar-refractivity contribution in [3.8, 4) is 0 Å². The summed E-state index contributed by atoms with van der Waals surface area (Å²) in [6, 6.07) is -0.0572. The van der Waals surface area contributed by atoms with Gasteiger partial charge in [0.2, 0.25) is 5.91 Å². The first-order valence-corrected chi connectivity index (χ1v) is 7.48. The molecule has 0 radical (unpaired) electrons. The SMILES string of the molecule is CN=C(NCCN1C(=O)CNC1=O)NC1CC(OC)C1(C)C.I. The third kappa shape index (κ3) is 4.25. The highest BCUT2D eigenvalue weighted by molar-refractivity contribution is 14.0. The lowest BCUT2D eigenvalue weighted by molar-refractivity contribution is -0.124. The number of ether oxygens (including phenoxy) is 1. The van der Waals surface area contributed by atoms with Crippen LogP contribution in [0.15, 0.2) is 4.99 Å². The lowest BCUT2D eigenvalue weighted by Gasteiger charge is -2.51. The molecule has 0 aromatic rings. The van der Waals surface area contributed by atoms with Gasteiger partial charge >= 0.3 is 6.03 Å². The third-order valence-electron chi connectivity index (χ3n) is 4.56. The van der Waals surface area contributed by atoms with Crippen LogP contribution in [0.5, 0.6) is 0 Å². The Balaban J connectivity index is 0.00000264. The van der Waals surface area contributed by atoms with Gasteiger partial charge in [-0.25, -0.2) is 4.79 Å². The molecule has 9 heteroatoms. The number of imide groups is 1. The van der Waals surface area contributed by atoms with E-state index in [0.717, 1.165) is 6.42 Å². The van der Waals surface area contributed by atoms with Crippen molar-refractivity contribution in [1.82, 2.24) is 20.9 Å². The number of carbonyl (C=O) groups excluding carboxylic acids is 2. The van der Waals surface area contributed by atoms with E-state index in [1.165, 1.54) is 4.90 Å². The summed E-state index contributed by atoms with van der Waals surface area (Å²) in [5.74, 6) is 0.470. The summed E-state index contributed by atoms with van der Waals surface area (Å²) in [6.07, 6.45) is 1.17. The molecule has 1 aliphatic heterocycles. The minimum Gasteiger partial charge on any atom is -0.381 e. The van der Waals surface area contributed by atoms with Crippen LogP contribution in [0, 0.1) is 5.41 Å². The molecule has 1 heterocycles. The lowest BCUT2D eigenvalue weighted by Crippen LogP contribution is -2.63. The first kappa shape index (κ1) is 19.9. The fourth-order valence-electron chi connectivity index (χ4n) is 2.86. The van der Waals surface area contributed by atoms with Crippen molar-refractivity contribution >= 4 is 41.9 Å². The van der Waals surface area contributed by atoms with Gasteiger partial charge in [0, 0.05) is 38.7 Å². The zero-order valence-electron chi connectivity index (χ0n) is 14.0. The van der Waals surface area contributed by atoms with Gasteiger partial charge in [-0.2, -0.15) is 0 Å². The Morgan fingerprint density at radius 2 is 2.17 bits per heavy atom. The largest absolute Gasteiger partial charge is 0.381 e.